The lowest BCUT2D eigenvalue weighted by molar-refractivity contribution is 0.161. The van der Waals surface area contributed by atoms with Crippen LogP contribution in [0, 0.1) is 0 Å². The number of hydrogen-bond acceptors (Lipinski definition) is 3. The van der Waals surface area contributed by atoms with Crippen LogP contribution < -0.4 is 5.32 Å². The van der Waals surface area contributed by atoms with Crippen LogP contribution in [-0.4, -0.2) is 40.5 Å². The summed E-state index contributed by atoms with van der Waals surface area (Å²) in [7, 11) is 0. The molecule has 1 aliphatic heterocycles. The highest BCUT2D eigenvalue weighted by atomic mass is 15.2. The molecule has 1 aromatic heterocycles. The molecule has 4 nitrogen and oxygen atoms in total. The molecule has 0 saturated carbocycles. The van der Waals surface area contributed by atoms with Crippen molar-refractivity contribution in [2.45, 2.75) is 38.8 Å². The van der Waals surface area contributed by atoms with Gasteiger partial charge in [0.1, 0.15) is 5.82 Å². The van der Waals surface area contributed by atoms with Gasteiger partial charge in [0.15, 0.2) is 0 Å². The zero-order valence-electron chi connectivity index (χ0n) is 10.1. The molecule has 1 saturated heterocycles. The summed E-state index contributed by atoms with van der Waals surface area (Å²) in [6.45, 7) is 6.65. The van der Waals surface area contributed by atoms with Gasteiger partial charge in [0.05, 0.1) is 6.54 Å². The van der Waals surface area contributed by atoms with Crippen LogP contribution >= 0.6 is 0 Å². The summed E-state index contributed by atoms with van der Waals surface area (Å²) in [6, 6.07) is 0.763. The predicted octanol–water partition coefficient (Wildman–Crippen LogP) is 1.37. The normalized spacial score (nSPS) is 22.4. The molecule has 2 heterocycles. The van der Waals surface area contributed by atoms with Gasteiger partial charge in [-0.1, -0.05) is 6.42 Å². The minimum absolute atomic E-state index is 0.763. The Morgan fingerprint density at radius 1 is 1.56 bits per heavy atom. The highest BCUT2D eigenvalue weighted by molar-refractivity contribution is 4.86. The molecule has 1 atom stereocenters. The average Bonchev–Trinajstić information content (AvgIpc) is 2.79. The fourth-order valence-electron chi connectivity index (χ4n) is 2.31. The number of rotatable bonds is 5. The number of hydrogen-bond donors (Lipinski definition) is 2. The first kappa shape index (κ1) is 11.6. The van der Waals surface area contributed by atoms with E-state index >= 15 is 0 Å². The molecular formula is C12H22N4. The summed E-state index contributed by atoms with van der Waals surface area (Å²) in [5, 5.41) is 3.42. The lowest BCUT2D eigenvalue weighted by atomic mass is 10.0. The predicted molar refractivity (Wildman–Crippen MR) is 65.2 cm³/mol. The fraction of sp³-hybridized carbons (Fsp3) is 0.750. The number of nitrogens with zero attached hydrogens (tertiary/aromatic N) is 2. The van der Waals surface area contributed by atoms with Gasteiger partial charge in [0.25, 0.3) is 0 Å². The number of imidazole rings is 1. The third-order valence-corrected chi connectivity index (χ3v) is 3.36. The van der Waals surface area contributed by atoms with Crippen molar-refractivity contribution < 1.29 is 0 Å². The molecule has 4 heteroatoms. The van der Waals surface area contributed by atoms with E-state index in [4.69, 9.17) is 0 Å². The third kappa shape index (κ3) is 3.32. The number of nitrogens with one attached hydrogen (secondary N) is 2. The molecule has 1 aliphatic rings. The Morgan fingerprint density at radius 2 is 2.50 bits per heavy atom. The number of H-pyrrole nitrogens is 1. The van der Waals surface area contributed by atoms with Gasteiger partial charge in [-0.25, -0.2) is 4.98 Å². The Bertz CT molecular complexity index is 283. The van der Waals surface area contributed by atoms with Crippen LogP contribution in [0.15, 0.2) is 12.4 Å². The van der Waals surface area contributed by atoms with E-state index in [2.05, 4.69) is 27.1 Å². The van der Waals surface area contributed by atoms with Gasteiger partial charge in [-0.15, -0.1) is 0 Å². The van der Waals surface area contributed by atoms with E-state index in [1.165, 1.54) is 25.8 Å². The monoisotopic (exact) mass is 222 g/mol. The average molecular weight is 222 g/mol. The molecule has 0 bridgehead atoms. The fourth-order valence-corrected chi connectivity index (χ4v) is 2.31. The molecular weight excluding hydrogens is 200 g/mol. The maximum absolute atomic E-state index is 4.18. The summed E-state index contributed by atoms with van der Waals surface area (Å²) in [5.74, 6) is 1.02. The maximum Gasteiger partial charge on any atom is 0.120 e. The quantitative estimate of drug-likeness (QED) is 0.740. The second-order valence-electron chi connectivity index (χ2n) is 4.59. The number of likely N-dealkylation sites (tertiary alicyclic amines) is 1. The lowest BCUT2D eigenvalue weighted by Crippen LogP contribution is -2.41. The van der Waals surface area contributed by atoms with Crippen molar-refractivity contribution in [2.75, 3.05) is 19.6 Å². The first-order valence-corrected chi connectivity index (χ1v) is 6.29. The molecule has 0 radical (unpaired) electrons. The molecule has 1 unspecified atom stereocenters. The molecule has 0 spiro atoms. The van der Waals surface area contributed by atoms with Crippen LogP contribution in [0.3, 0.4) is 0 Å². The van der Waals surface area contributed by atoms with Crippen molar-refractivity contribution in [3.8, 4) is 0 Å². The minimum atomic E-state index is 0.763. The Hall–Kier alpha value is -0.870. The molecule has 1 fully saturated rings. The van der Waals surface area contributed by atoms with Crippen molar-refractivity contribution in [3.63, 3.8) is 0 Å². The van der Waals surface area contributed by atoms with E-state index < -0.39 is 0 Å². The van der Waals surface area contributed by atoms with Crippen LogP contribution in [0.2, 0.25) is 0 Å². The van der Waals surface area contributed by atoms with Gasteiger partial charge >= 0.3 is 0 Å². The minimum Gasteiger partial charge on any atom is -0.348 e. The maximum atomic E-state index is 4.18. The second-order valence-corrected chi connectivity index (χ2v) is 4.59. The van der Waals surface area contributed by atoms with Crippen molar-refractivity contribution in [1.82, 2.24) is 20.2 Å². The standard InChI is InChI=1S/C12H22N4/c1-11-4-2-3-8-16(11)9-7-13-10-12-14-5-6-15-12/h5-6,11,13H,2-4,7-10H2,1H3,(H,14,15). The Morgan fingerprint density at radius 3 is 3.25 bits per heavy atom. The van der Waals surface area contributed by atoms with E-state index in [0.29, 0.717) is 0 Å². The van der Waals surface area contributed by atoms with Crippen LogP contribution in [0.1, 0.15) is 32.0 Å². The van der Waals surface area contributed by atoms with Crippen LogP contribution in [-0.2, 0) is 6.54 Å². The molecule has 1 aromatic rings. The number of piperidine rings is 1. The van der Waals surface area contributed by atoms with E-state index in [-0.39, 0.29) is 0 Å². The van der Waals surface area contributed by atoms with Crippen LogP contribution in [0.5, 0.6) is 0 Å². The van der Waals surface area contributed by atoms with E-state index in [1.54, 1.807) is 6.20 Å². The SMILES string of the molecule is CC1CCCCN1CCNCc1ncc[nH]1. The highest BCUT2D eigenvalue weighted by Crippen LogP contribution is 2.15. The largest absolute Gasteiger partial charge is 0.348 e. The van der Waals surface area contributed by atoms with E-state index in [1.807, 2.05) is 6.20 Å². The van der Waals surface area contributed by atoms with Crippen LogP contribution in [0.4, 0.5) is 0 Å². The van der Waals surface area contributed by atoms with Crippen LogP contribution in [0.25, 0.3) is 0 Å². The molecule has 2 rings (SSSR count). The van der Waals surface area contributed by atoms with E-state index in [0.717, 1.165) is 31.5 Å². The highest BCUT2D eigenvalue weighted by Gasteiger charge is 2.16. The van der Waals surface area contributed by atoms with E-state index in [9.17, 15) is 0 Å². The second kappa shape index (κ2) is 6.01. The van der Waals surface area contributed by atoms with Crippen molar-refractivity contribution in [3.05, 3.63) is 18.2 Å². The molecule has 90 valence electrons. The lowest BCUT2D eigenvalue weighted by Gasteiger charge is -2.33. The first-order chi connectivity index (χ1) is 7.86. The van der Waals surface area contributed by atoms with Gasteiger partial charge in [-0.05, 0) is 26.3 Å². The van der Waals surface area contributed by atoms with Gasteiger partial charge in [0, 0.05) is 31.5 Å². The summed E-state index contributed by atoms with van der Waals surface area (Å²) >= 11 is 0. The topological polar surface area (TPSA) is 44.0 Å². The molecule has 0 amide bonds. The summed E-state index contributed by atoms with van der Waals surface area (Å²) in [5.41, 5.74) is 0. The summed E-state index contributed by atoms with van der Waals surface area (Å²) < 4.78 is 0. The zero-order chi connectivity index (χ0) is 11.2. The van der Waals surface area contributed by atoms with Crippen molar-refractivity contribution >= 4 is 0 Å². The smallest absolute Gasteiger partial charge is 0.120 e. The Balaban J connectivity index is 1.60. The number of aromatic nitrogens is 2. The van der Waals surface area contributed by atoms with Gasteiger partial charge in [0.2, 0.25) is 0 Å². The zero-order valence-corrected chi connectivity index (χ0v) is 10.1. The molecule has 0 aliphatic carbocycles. The molecule has 2 N–H and O–H groups in total. The first-order valence-electron chi connectivity index (χ1n) is 6.29. The van der Waals surface area contributed by atoms with Crippen molar-refractivity contribution in [1.29, 1.82) is 0 Å². The molecule has 0 aromatic carbocycles. The van der Waals surface area contributed by atoms with Gasteiger partial charge < -0.3 is 10.3 Å². The summed E-state index contributed by atoms with van der Waals surface area (Å²) in [6.07, 6.45) is 7.78. The Kier molecular flexibility index (Phi) is 4.36. The van der Waals surface area contributed by atoms with Gasteiger partial charge in [-0.2, -0.15) is 0 Å². The number of aromatic amines is 1. The third-order valence-electron chi connectivity index (χ3n) is 3.36. The van der Waals surface area contributed by atoms with Crippen molar-refractivity contribution in [2.24, 2.45) is 0 Å². The molecule has 16 heavy (non-hydrogen) atoms. The Labute approximate surface area is 97.4 Å². The summed E-state index contributed by atoms with van der Waals surface area (Å²) in [4.78, 5) is 9.86. The van der Waals surface area contributed by atoms with Gasteiger partial charge in [-0.3, -0.25) is 4.90 Å².